The first-order valence-electron chi connectivity index (χ1n) is 13.8. The second-order valence-corrected chi connectivity index (χ2v) is 11.6. The van der Waals surface area contributed by atoms with Gasteiger partial charge < -0.3 is 20.5 Å². The lowest BCUT2D eigenvalue weighted by atomic mass is 9.51. The molecule has 0 bridgehead atoms. The fourth-order valence-electron chi connectivity index (χ4n) is 6.96. The molecule has 202 valence electrons. The number of aliphatic hydroxyl groups is 1. The van der Waals surface area contributed by atoms with Crippen molar-refractivity contribution in [2.45, 2.75) is 58.6 Å². The van der Waals surface area contributed by atoms with Gasteiger partial charge in [0.15, 0.2) is 0 Å². The molecule has 0 radical (unpaired) electrons. The third kappa shape index (κ3) is 6.17. The Balaban J connectivity index is 1.36. The van der Waals surface area contributed by atoms with Crippen molar-refractivity contribution in [3.05, 3.63) is 35.4 Å². The summed E-state index contributed by atoms with van der Waals surface area (Å²) in [5.41, 5.74) is 1.05. The van der Waals surface area contributed by atoms with Crippen LogP contribution in [0.1, 0.15) is 62.4 Å². The number of hydrogen-bond donors (Lipinski definition) is 3. The van der Waals surface area contributed by atoms with E-state index in [0.29, 0.717) is 17.7 Å². The van der Waals surface area contributed by atoms with Crippen LogP contribution in [0.25, 0.3) is 0 Å². The van der Waals surface area contributed by atoms with E-state index >= 15 is 0 Å². The van der Waals surface area contributed by atoms with Crippen LogP contribution in [-0.2, 0) is 9.53 Å². The molecule has 1 saturated heterocycles. The Labute approximate surface area is 220 Å². The van der Waals surface area contributed by atoms with Crippen molar-refractivity contribution in [3.63, 3.8) is 0 Å². The monoisotopic (exact) mass is 510 g/mol. The van der Waals surface area contributed by atoms with Crippen LogP contribution in [0.15, 0.2) is 24.3 Å². The van der Waals surface area contributed by atoms with E-state index in [1.54, 1.807) is 24.3 Å². The van der Waals surface area contributed by atoms with E-state index in [4.69, 9.17) is 10.00 Å². The Kier molecular flexibility index (Phi) is 8.89. The zero-order valence-electron chi connectivity index (χ0n) is 22.4. The molecule has 8 heteroatoms. The lowest BCUT2D eigenvalue weighted by Crippen LogP contribution is -2.58. The van der Waals surface area contributed by atoms with E-state index in [1.807, 2.05) is 6.92 Å². The molecule has 1 aromatic rings. The minimum atomic E-state index is -0.594. The van der Waals surface area contributed by atoms with Gasteiger partial charge in [0.25, 0.3) is 5.91 Å². The first-order chi connectivity index (χ1) is 17.7. The summed E-state index contributed by atoms with van der Waals surface area (Å²) in [4.78, 5) is 28.3. The number of ether oxygens (including phenoxy) is 1. The molecule has 2 saturated carbocycles. The molecule has 4 rings (SSSR count). The zero-order chi connectivity index (χ0) is 26.6. The second kappa shape index (κ2) is 11.9. The van der Waals surface area contributed by atoms with Crippen molar-refractivity contribution in [2.75, 3.05) is 39.4 Å². The van der Waals surface area contributed by atoms with Crippen LogP contribution in [0, 0.1) is 40.4 Å². The zero-order valence-corrected chi connectivity index (χ0v) is 22.4. The molecular formula is C29H42N4O4. The summed E-state index contributed by atoms with van der Waals surface area (Å²) < 4.78 is 5.39. The Bertz CT molecular complexity index is 987. The molecule has 7 atom stereocenters. The summed E-state index contributed by atoms with van der Waals surface area (Å²) in [6.45, 7) is 11.0. The quantitative estimate of drug-likeness (QED) is 0.519. The number of carbonyl (C=O) groups is 2. The van der Waals surface area contributed by atoms with Gasteiger partial charge in [-0.15, -0.1) is 0 Å². The van der Waals surface area contributed by atoms with Gasteiger partial charge in [-0.05, 0) is 73.1 Å². The number of nitrogens with one attached hydrogen (secondary N) is 2. The predicted molar refractivity (Wildman–Crippen MR) is 141 cm³/mol. The summed E-state index contributed by atoms with van der Waals surface area (Å²) in [7, 11) is 0. The van der Waals surface area contributed by atoms with Crippen LogP contribution < -0.4 is 10.6 Å². The number of nitriles is 1. The summed E-state index contributed by atoms with van der Waals surface area (Å²) in [6, 6.07) is 8.68. The lowest BCUT2D eigenvalue weighted by Gasteiger charge is -2.56. The molecule has 0 aromatic heterocycles. The van der Waals surface area contributed by atoms with Gasteiger partial charge in [-0.1, -0.05) is 20.8 Å². The lowest BCUT2D eigenvalue weighted by molar-refractivity contribution is -0.142. The Morgan fingerprint density at radius 1 is 1.22 bits per heavy atom. The van der Waals surface area contributed by atoms with Crippen molar-refractivity contribution in [2.24, 2.45) is 29.1 Å². The molecule has 37 heavy (non-hydrogen) atoms. The number of morpholine rings is 1. The van der Waals surface area contributed by atoms with Crippen LogP contribution in [-0.4, -0.2) is 73.4 Å². The smallest absolute Gasteiger partial charge is 0.251 e. The Morgan fingerprint density at radius 3 is 2.57 bits per heavy atom. The standard InChI is InChI=1S/C29H42N4O4/c1-19(27(35)31-12-13-33-14-16-37-17-15-33)23-8-10-29(3)11-9-24(20(2)25(29)26(23)34)32-28(36)22-6-4-21(18-30)5-7-22/h4-7,19-20,23-26,34H,8-17H2,1-3H3,(H,31,35)(H,32,36)/t19-,20+,23+,24-,25+,26-,29-/m0/s1. The maximum absolute atomic E-state index is 13.0. The summed E-state index contributed by atoms with van der Waals surface area (Å²) in [6.07, 6.45) is 3.02. The van der Waals surface area contributed by atoms with Crippen LogP contribution in [0.2, 0.25) is 0 Å². The van der Waals surface area contributed by atoms with E-state index in [0.717, 1.165) is 58.5 Å². The molecule has 3 aliphatic rings. The number of carbonyl (C=O) groups excluding carboxylic acids is 2. The second-order valence-electron chi connectivity index (χ2n) is 11.6. The minimum absolute atomic E-state index is 0.00245. The van der Waals surface area contributed by atoms with E-state index in [9.17, 15) is 14.7 Å². The van der Waals surface area contributed by atoms with Crippen LogP contribution >= 0.6 is 0 Å². The molecule has 0 spiro atoms. The summed E-state index contributed by atoms with van der Waals surface area (Å²) in [5, 5.41) is 26.9. The topological polar surface area (TPSA) is 115 Å². The van der Waals surface area contributed by atoms with Gasteiger partial charge >= 0.3 is 0 Å². The SMILES string of the molecule is C[C@H]1[C@@H]2[C@@H](O)[C@@H]([C@H](C)C(=O)NCCN3CCOCC3)CC[C@@]2(C)CC[C@@H]1NC(=O)c1ccc(C#N)cc1. The van der Waals surface area contributed by atoms with Gasteiger partial charge in [-0.3, -0.25) is 14.5 Å². The molecule has 2 amide bonds. The fourth-order valence-corrected chi connectivity index (χ4v) is 6.96. The van der Waals surface area contributed by atoms with Gasteiger partial charge in [0.05, 0.1) is 31.0 Å². The fraction of sp³-hybridized carbons (Fsp3) is 0.690. The number of hydrogen-bond acceptors (Lipinski definition) is 6. The van der Waals surface area contributed by atoms with Gasteiger partial charge in [-0.25, -0.2) is 0 Å². The van der Waals surface area contributed by atoms with Crippen LogP contribution in [0.3, 0.4) is 0 Å². The van der Waals surface area contributed by atoms with Crippen LogP contribution in [0.5, 0.6) is 0 Å². The highest BCUT2D eigenvalue weighted by Crippen LogP contribution is 2.55. The number of aliphatic hydroxyl groups excluding tert-OH is 1. The van der Waals surface area contributed by atoms with Crippen molar-refractivity contribution in [1.29, 1.82) is 5.26 Å². The molecule has 8 nitrogen and oxygen atoms in total. The summed E-state index contributed by atoms with van der Waals surface area (Å²) >= 11 is 0. The summed E-state index contributed by atoms with van der Waals surface area (Å²) in [5.74, 6) is -0.429. The van der Waals surface area contributed by atoms with Gasteiger partial charge in [0.2, 0.25) is 5.91 Å². The molecular weight excluding hydrogens is 468 g/mol. The van der Waals surface area contributed by atoms with E-state index in [1.165, 1.54) is 0 Å². The van der Waals surface area contributed by atoms with Gasteiger partial charge in [0, 0.05) is 43.7 Å². The third-order valence-electron chi connectivity index (χ3n) is 9.37. The number of amides is 2. The molecule has 0 unspecified atom stereocenters. The van der Waals surface area contributed by atoms with Crippen molar-refractivity contribution < 1.29 is 19.4 Å². The van der Waals surface area contributed by atoms with Gasteiger partial charge in [0.1, 0.15) is 0 Å². The maximum Gasteiger partial charge on any atom is 0.251 e. The van der Waals surface area contributed by atoms with Crippen molar-refractivity contribution in [3.8, 4) is 6.07 Å². The molecule has 2 aliphatic carbocycles. The first kappa shape index (κ1) is 27.6. The van der Waals surface area contributed by atoms with E-state index in [2.05, 4.69) is 35.5 Å². The molecule has 1 aliphatic heterocycles. The Hall–Kier alpha value is -2.47. The highest BCUT2D eigenvalue weighted by molar-refractivity contribution is 5.94. The first-order valence-corrected chi connectivity index (χ1v) is 13.8. The number of rotatable bonds is 7. The van der Waals surface area contributed by atoms with Crippen molar-refractivity contribution in [1.82, 2.24) is 15.5 Å². The molecule has 1 aromatic carbocycles. The normalized spacial score (nSPS) is 33.0. The third-order valence-corrected chi connectivity index (χ3v) is 9.37. The highest BCUT2D eigenvalue weighted by Gasteiger charge is 2.53. The number of nitrogens with zero attached hydrogens (tertiary/aromatic N) is 2. The van der Waals surface area contributed by atoms with E-state index < -0.39 is 6.10 Å². The van der Waals surface area contributed by atoms with Crippen molar-refractivity contribution >= 4 is 11.8 Å². The Morgan fingerprint density at radius 2 is 1.89 bits per heavy atom. The average Bonchev–Trinajstić information content (AvgIpc) is 2.90. The minimum Gasteiger partial charge on any atom is -0.392 e. The molecule has 1 heterocycles. The molecule has 3 fully saturated rings. The number of fused-ring (bicyclic) bond motifs is 1. The highest BCUT2D eigenvalue weighted by atomic mass is 16.5. The van der Waals surface area contributed by atoms with Crippen LogP contribution in [0.4, 0.5) is 0 Å². The maximum atomic E-state index is 13.0. The largest absolute Gasteiger partial charge is 0.392 e. The average molecular weight is 511 g/mol. The van der Waals surface area contributed by atoms with Gasteiger partial charge in [-0.2, -0.15) is 5.26 Å². The number of benzene rings is 1. The molecule has 3 N–H and O–H groups in total. The predicted octanol–water partition coefficient (Wildman–Crippen LogP) is 2.56. The van der Waals surface area contributed by atoms with E-state index in [-0.39, 0.29) is 46.9 Å².